The van der Waals surface area contributed by atoms with Crippen molar-refractivity contribution in [1.82, 2.24) is 0 Å². The van der Waals surface area contributed by atoms with Crippen molar-refractivity contribution < 1.29 is 4.79 Å². The lowest BCUT2D eigenvalue weighted by atomic mass is 9.88. The van der Waals surface area contributed by atoms with Crippen molar-refractivity contribution in [3.63, 3.8) is 0 Å². The van der Waals surface area contributed by atoms with Crippen molar-refractivity contribution in [2.24, 2.45) is 11.1 Å². The maximum atomic E-state index is 10.4. The average Bonchev–Trinajstić information content (AvgIpc) is 1.62. The summed E-state index contributed by atoms with van der Waals surface area (Å²) in [7, 11) is 0. The van der Waals surface area contributed by atoms with Crippen molar-refractivity contribution in [3.8, 4) is 0 Å². The van der Waals surface area contributed by atoms with Gasteiger partial charge in [-0.15, -0.1) is 0 Å². The summed E-state index contributed by atoms with van der Waals surface area (Å²) in [6.45, 7) is 5.62. The molecular formula is C6H12ClNO. The highest BCUT2D eigenvalue weighted by Crippen LogP contribution is 2.18. The molecule has 0 saturated carbocycles. The van der Waals surface area contributed by atoms with Crippen LogP contribution in [0.4, 0.5) is 0 Å². The monoisotopic (exact) mass is 149 g/mol. The van der Waals surface area contributed by atoms with Crippen LogP contribution in [0.1, 0.15) is 20.8 Å². The van der Waals surface area contributed by atoms with Gasteiger partial charge < -0.3 is 5.73 Å². The quantitative estimate of drug-likeness (QED) is 0.568. The lowest BCUT2D eigenvalue weighted by molar-refractivity contribution is -0.114. The number of nitrogens with two attached hydrogens (primary N) is 1. The van der Waals surface area contributed by atoms with Gasteiger partial charge >= 0.3 is 0 Å². The number of hydrogen-bond acceptors (Lipinski definition) is 2. The molecule has 54 valence electrons. The standard InChI is InChI=1S/C6H12ClNO/c1-6(2,3)4(8)5(7)9/h4H,8H2,1-3H3/t4-/m0/s1. The SMILES string of the molecule is CC(C)(C)[C@@H](N)C(=O)Cl. The van der Waals surface area contributed by atoms with Crippen molar-refractivity contribution in [1.29, 1.82) is 0 Å². The second-order valence-electron chi connectivity index (χ2n) is 3.15. The predicted molar refractivity (Wildman–Crippen MR) is 38.3 cm³/mol. The molecule has 0 aromatic heterocycles. The van der Waals surface area contributed by atoms with Gasteiger partial charge in [-0.25, -0.2) is 0 Å². The van der Waals surface area contributed by atoms with Gasteiger partial charge in [0.05, 0.1) is 6.04 Å². The maximum absolute atomic E-state index is 10.4. The van der Waals surface area contributed by atoms with Crippen molar-refractivity contribution in [2.45, 2.75) is 26.8 Å². The molecule has 0 amide bonds. The van der Waals surface area contributed by atoms with Gasteiger partial charge in [0.15, 0.2) is 0 Å². The highest BCUT2D eigenvalue weighted by Gasteiger charge is 2.25. The highest BCUT2D eigenvalue weighted by molar-refractivity contribution is 6.64. The first-order valence-corrected chi connectivity index (χ1v) is 3.18. The summed E-state index contributed by atoms with van der Waals surface area (Å²) in [5.41, 5.74) is 5.19. The van der Waals surface area contributed by atoms with Gasteiger partial charge in [-0.2, -0.15) is 0 Å². The molecule has 0 bridgehead atoms. The first kappa shape index (κ1) is 8.92. The Hall–Kier alpha value is -0.0800. The molecule has 0 rings (SSSR count). The average molecular weight is 150 g/mol. The van der Waals surface area contributed by atoms with Gasteiger partial charge in [0.25, 0.3) is 0 Å². The Balaban J connectivity index is 4.04. The smallest absolute Gasteiger partial charge is 0.238 e. The van der Waals surface area contributed by atoms with E-state index in [1.165, 1.54) is 0 Å². The molecule has 0 aliphatic heterocycles. The minimum absolute atomic E-state index is 0.223. The molecule has 0 aromatic rings. The number of halogens is 1. The molecule has 0 aromatic carbocycles. The summed E-state index contributed by atoms with van der Waals surface area (Å²) in [6.07, 6.45) is 0. The Morgan fingerprint density at radius 1 is 1.56 bits per heavy atom. The molecule has 0 aliphatic carbocycles. The van der Waals surface area contributed by atoms with E-state index in [4.69, 9.17) is 17.3 Å². The largest absolute Gasteiger partial charge is 0.320 e. The van der Waals surface area contributed by atoms with E-state index in [-0.39, 0.29) is 5.41 Å². The Kier molecular flexibility index (Phi) is 2.65. The van der Waals surface area contributed by atoms with Crippen LogP contribution >= 0.6 is 11.6 Å². The molecule has 0 spiro atoms. The molecule has 0 fully saturated rings. The summed E-state index contributed by atoms with van der Waals surface area (Å²) in [6, 6.07) is -0.556. The third kappa shape index (κ3) is 2.82. The fraction of sp³-hybridized carbons (Fsp3) is 0.833. The third-order valence-corrected chi connectivity index (χ3v) is 1.41. The van der Waals surface area contributed by atoms with E-state index in [9.17, 15) is 4.79 Å². The predicted octanol–water partition coefficient (Wildman–Crippen LogP) is 1.13. The van der Waals surface area contributed by atoms with Gasteiger partial charge in [-0.1, -0.05) is 20.8 Å². The lowest BCUT2D eigenvalue weighted by Crippen LogP contribution is -2.39. The highest BCUT2D eigenvalue weighted by atomic mass is 35.5. The summed E-state index contributed by atoms with van der Waals surface area (Å²) in [4.78, 5) is 10.4. The van der Waals surface area contributed by atoms with Crippen molar-refractivity contribution in [2.75, 3.05) is 0 Å². The molecule has 2 nitrogen and oxygen atoms in total. The minimum atomic E-state index is -0.556. The van der Waals surface area contributed by atoms with Crippen LogP contribution in [-0.4, -0.2) is 11.3 Å². The van der Waals surface area contributed by atoms with Gasteiger partial charge in [0.2, 0.25) is 5.24 Å². The maximum Gasteiger partial charge on any atom is 0.238 e. The van der Waals surface area contributed by atoms with E-state index in [0.29, 0.717) is 0 Å². The zero-order valence-corrected chi connectivity index (χ0v) is 6.70. The third-order valence-electron chi connectivity index (χ3n) is 1.18. The fourth-order valence-electron chi connectivity index (χ4n) is 0.340. The van der Waals surface area contributed by atoms with E-state index in [2.05, 4.69) is 0 Å². The van der Waals surface area contributed by atoms with Crippen LogP contribution < -0.4 is 5.73 Å². The van der Waals surface area contributed by atoms with Crippen LogP contribution in [0.15, 0.2) is 0 Å². The summed E-state index contributed by atoms with van der Waals surface area (Å²) in [5.74, 6) is 0. The lowest BCUT2D eigenvalue weighted by Gasteiger charge is -2.22. The summed E-state index contributed by atoms with van der Waals surface area (Å²) in [5, 5.41) is -0.470. The number of carbonyl (C=O) groups excluding carboxylic acids is 1. The zero-order valence-electron chi connectivity index (χ0n) is 5.94. The van der Waals surface area contributed by atoms with Crippen molar-refractivity contribution in [3.05, 3.63) is 0 Å². The number of rotatable bonds is 1. The van der Waals surface area contributed by atoms with Crippen LogP contribution in [0, 0.1) is 5.41 Å². The summed E-state index contributed by atoms with van der Waals surface area (Å²) < 4.78 is 0. The Morgan fingerprint density at radius 3 is 1.89 bits per heavy atom. The molecular weight excluding hydrogens is 138 g/mol. The Morgan fingerprint density at radius 2 is 1.89 bits per heavy atom. The van der Waals surface area contributed by atoms with Gasteiger partial charge in [-0.3, -0.25) is 4.79 Å². The Labute approximate surface area is 60.4 Å². The fourth-order valence-corrected chi connectivity index (χ4v) is 0.668. The molecule has 0 aliphatic rings. The molecule has 9 heavy (non-hydrogen) atoms. The van der Waals surface area contributed by atoms with Crippen LogP contribution in [-0.2, 0) is 4.79 Å². The summed E-state index contributed by atoms with van der Waals surface area (Å²) >= 11 is 5.15. The van der Waals surface area contributed by atoms with E-state index in [1.54, 1.807) is 0 Å². The topological polar surface area (TPSA) is 43.1 Å². The number of hydrogen-bond donors (Lipinski definition) is 1. The van der Waals surface area contributed by atoms with Crippen molar-refractivity contribution >= 4 is 16.8 Å². The molecule has 3 heteroatoms. The van der Waals surface area contributed by atoms with Gasteiger partial charge in [0, 0.05) is 0 Å². The van der Waals surface area contributed by atoms with E-state index >= 15 is 0 Å². The molecule has 0 unspecified atom stereocenters. The normalized spacial score (nSPS) is 15.2. The molecule has 2 N–H and O–H groups in total. The number of carbonyl (C=O) groups is 1. The van der Waals surface area contributed by atoms with E-state index in [0.717, 1.165) is 0 Å². The molecule has 0 radical (unpaired) electrons. The Bertz CT molecular complexity index is 117. The van der Waals surface area contributed by atoms with Crippen LogP contribution in [0.2, 0.25) is 0 Å². The van der Waals surface area contributed by atoms with Crippen LogP contribution in [0.5, 0.6) is 0 Å². The minimum Gasteiger partial charge on any atom is -0.320 e. The van der Waals surface area contributed by atoms with E-state index in [1.807, 2.05) is 20.8 Å². The first-order valence-electron chi connectivity index (χ1n) is 2.80. The molecule has 0 saturated heterocycles. The van der Waals surface area contributed by atoms with Crippen LogP contribution in [0.25, 0.3) is 0 Å². The molecule has 1 atom stereocenters. The first-order chi connectivity index (χ1) is 3.85. The van der Waals surface area contributed by atoms with Gasteiger partial charge in [0.1, 0.15) is 0 Å². The second kappa shape index (κ2) is 2.67. The second-order valence-corrected chi connectivity index (χ2v) is 3.52. The zero-order chi connectivity index (χ0) is 7.65. The van der Waals surface area contributed by atoms with Crippen LogP contribution in [0.3, 0.4) is 0 Å². The van der Waals surface area contributed by atoms with Gasteiger partial charge in [-0.05, 0) is 17.0 Å². The van der Waals surface area contributed by atoms with E-state index < -0.39 is 11.3 Å². The molecule has 0 heterocycles.